The Hall–Kier alpha value is -1.98. The number of alkyl halides is 3. The van der Waals surface area contributed by atoms with Crippen molar-refractivity contribution in [2.24, 2.45) is 5.41 Å². The van der Waals surface area contributed by atoms with E-state index in [1.807, 2.05) is 11.8 Å². The summed E-state index contributed by atoms with van der Waals surface area (Å²) in [5.74, 6) is 0.170. The number of piperazine rings is 1. The van der Waals surface area contributed by atoms with Gasteiger partial charge in [0, 0.05) is 63.6 Å². The van der Waals surface area contributed by atoms with Crippen molar-refractivity contribution in [1.29, 1.82) is 0 Å². The van der Waals surface area contributed by atoms with E-state index in [1.54, 1.807) is 12.0 Å². The first-order valence-corrected chi connectivity index (χ1v) is 11.5. The molecule has 4 atom stereocenters. The number of nitrogens with zero attached hydrogens (tertiary/aromatic N) is 4. The third-order valence-corrected chi connectivity index (χ3v) is 7.10. The third-order valence-electron chi connectivity index (χ3n) is 7.10. The van der Waals surface area contributed by atoms with Crippen LogP contribution in [0.1, 0.15) is 38.3 Å². The molecule has 1 aliphatic carbocycles. The highest BCUT2D eigenvalue weighted by Gasteiger charge is 2.45. The van der Waals surface area contributed by atoms with Crippen LogP contribution >= 0.6 is 0 Å². The van der Waals surface area contributed by atoms with Gasteiger partial charge in [0.1, 0.15) is 5.69 Å². The summed E-state index contributed by atoms with van der Waals surface area (Å²) >= 11 is 0. The summed E-state index contributed by atoms with van der Waals surface area (Å²) in [5.41, 5.74) is -1.40. The van der Waals surface area contributed by atoms with Crippen molar-refractivity contribution in [2.75, 3.05) is 51.4 Å². The molecule has 3 heterocycles. The molecule has 0 spiro atoms. The van der Waals surface area contributed by atoms with Crippen LogP contribution in [0.15, 0.2) is 12.3 Å². The molecule has 2 saturated heterocycles. The zero-order chi connectivity index (χ0) is 23.6. The summed E-state index contributed by atoms with van der Waals surface area (Å²) in [6.07, 6.45) is 0.0190. The number of carbonyl (C=O) groups excluding carboxylic acids is 1. The van der Waals surface area contributed by atoms with Crippen molar-refractivity contribution in [3.8, 4) is 0 Å². The van der Waals surface area contributed by atoms with Gasteiger partial charge in [-0.3, -0.25) is 4.79 Å². The lowest BCUT2D eigenvalue weighted by Gasteiger charge is -2.39. The van der Waals surface area contributed by atoms with Gasteiger partial charge in [-0.2, -0.15) is 13.2 Å². The number of rotatable bonds is 5. The van der Waals surface area contributed by atoms with E-state index in [0.29, 0.717) is 39.4 Å². The van der Waals surface area contributed by atoms with Crippen molar-refractivity contribution in [3.05, 3.63) is 18.0 Å². The van der Waals surface area contributed by atoms with Gasteiger partial charge in [-0.25, -0.2) is 9.97 Å². The van der Waals surface area contributed by atoms with Crippen LogP contribution in [0, 0.1) is 5.41 Å². The first kappa shape index (κ1) is 24.2. The molecule has 11 heteroatoms. The van der Waals surface area contributed by atoms with Crippen molar-refractivity contribution < 1.29 is 27.4 Å². The molecule has 1 saturated carbocycles. The van der Waals surface area contributed by atoms with Gasteiger partial charge in [-0.15, -0.1) is 0 Å². The monoisotopic (exact) mass is 471 g/mol. The lowest BCUT2D eigenvalue weighted by Crippen LogP contribution is -2.53. The molecule has 3 fully saturated rings. The van der Waals surface area contributed by atoms with Gasteiger partial charge in [0.15, 0.2) is 0 Å². The quantitative estimate of drug-likeness (QED) is 0.705. The van der Waals surface area contributed by atoms with Crippen LogP contribution in [-0.2, 0) is 20.4 Å². The molecule has 0 bridgehead atoms. The second-order valence-corrected chi connectivity index (χ2v) is 9.43. The predicted octanol–water partition coefficient (Wildman–Crippen LogP) is 2.10. The molecule has 8 nitrogen and oxygen atoms in total. The number of amides is 1. The van der Waals surface area contributed by atoms with E-state index in [4.69, 9.17) is 9.47 Å². The summed E-state index contributed by atoms with van der Waals surface area (Å²) in [5, 5.41) is 3.69. The van der Waals surface area contributed by atoms with E-state index in [-0.39, 0.29) is 30.0 Å². The minimum Gasteiger partial charge on any atom is -0.379 e. The highest BCUT2D eigenvalue weighted by Crippen LogP contribution is 2.40. The fourth-order valence-corrected chi connectivity index (χ4v) is 5.16. The highest BCUT2D eigenvalue weighted by molar-refractivity contribution is 5.83. The number of methoxy groups -OCH3 is 1. The minimum atomic E-state index is -4.51. The zero-order valence-corrected chi connectivity index (χ0v) is 19.1. The van der Waals surface area contributed by atoms with Crippen LogP contribution in [0.25, 0.3) is 0 Å². The highest BCUT2D eigenvalue weighted by atomic mass is 19.4. The molecular weight excluding hydrogens is 439 g/mol. The van der Waals surface area contributed by atoms with Crippen LogP contribution in [0.4, 0.5) is 19.1 Å². The van der Waals surface area contributed by atoms with Crippen LogP contribution in [-0.4, -0.2) is 85.5 Å². The molecule has 1 N–H and O–H groups in total. The lowest BCUT2D eigenvalue weighted by atomic mass is 9.86. The van der Waals surface area contributed by atoms with E-state index < -0.39 is 17.3 Å². The molecule has 3 aliphatic rings. The second-order valence-electron chi connectivity index (χ2n) is 9.43. The molecule has 1 unspecified atom stereocenters. The molecule has 4 rings (SSSR count). The Labute approximate surface area is 191 Å². The summed E-state index contributed by atoms with van der Waals surface area (Å²) in [7, 11) is 1.69. The third kappa shape index (κ3) is 5.41. The molecule has 1 aromatic rings. The first-order chi connectivity index (χ1) is 15.7. The number of anilines is 1. The normalized spacial score (nSPS) is 31.1. The van der Waals surface area contributed by atoms with Crippen LogP contribution in [0.5, 0.6) is 0 Å². The summed E-state index contributed by atoms with van der Waals surface area (Å²) in [4.78, 5) is 24.6. The molecule has 0 aromatic carbocycles. The van der Waals surface area contributed by atoms with E-state index in [2.05, 4.69) is 15.3 Å². The maximum Gasteiger partial charge on any atom is 0.433 e. The van der Waals surface area contributed by atoms with Gasteiger partial charge in [-0.1, -0.05) is 6.92 Å². The Morgan fingerprint density at radius 1 is 1.27 bits per heavy atom. The number of halogens is 3. The summed E-state index contributed by atoms with van der Waals surface area (Å²) < 4.78 is 49.9. The number of ether oxygens (including phenoxy) is 2. The molecule has 2 aliphatic heterocycles. The van der Waals surface area contributed by atoms with Gasteiger partial charge in [0.25, 0.3) is 0 Å². The lowest BCUT2D eigenvalue weighted by molar-refractivity contribution is -0.141. The van der Waals surface area contributed by atoms with Crippen molar-refractivity contribution in [3.63, 3.8) is 0 Å². The molecule has 0 radical (unpaired) electrons. The van der Waals surface area contributed by atoms with Gasteiger partial charge in [0.2, 0.25) is 11.9 Å². The van der Waals surface area contributed by atoms with E-state index in [1.165, 1.54) is 0 Å². The zero-order valence-electron chi connectivity index (χ0n) is 19.1. The Morgan fingerprint density at radius 2 is 2.03 bits per heavy atom. The molecule has 184 valence electrons. The number of hydrogen-bond donors (Lipinski definition) is 1. The van der Waals surface area contributed by atoms with Crippen molar-refractivity contribution in [2.45, 2.75) is 57.0 Å². The topological polar surface area (TPSA) is 79.8 Å². The van der Waals surface area contributed by atoms with E-state index >= 15 is 0 Å². The largest absolute Gasteiger partial charge is 0.433 e. The van der Waals surface area contributed by atoms with Crippen LogP contribution in [0.3, 0.4) is 0 Å². The minimum absolute atomic E-state index is 0.0208. The smallest absolute Gasteiger partial charge is 0.379 e. The number of nitrogens with one attached hydrogen (secondary N) is 1. The second kappa shape index (κ2) is 9.71. The Kier molecular flexibility index (Phi) is 7.11. The van der Waals surface area contributed by atoms with Gasteiger partial charge in [-0.05, 0) is 31.7 Å². The fraction of sp³-hybridized carbons (Fsp3) is 0.773. The average molecular weight is 472 g/mol. The average Bonchev–Trinajstić information content (AvgIpc) is 3.20. The van der Waals surface area contributed by atoms with Gasteiger partial charge >= 0.3 is 6.18 Å². The van der Waals surface area contributed by atoms with Crippen LogP contribution < -0.4 is 10.2 Å². The maximum absolute atomic E-state index is 13.4. The standard InChI is InChI=1S/C22H32F3N5O3/c1-21(6-3-15(13-21)27-16-5-12-33-14-17(16)32-2)19(31)29-8-10-30(11-9-29)20-26-7-4-18(28-20)22(23,24)25/h4,7,15-17,27H,3,5-6,8-14H2,1-2H3/t15-,16-,17-,21?/m1/s1. The number of aromatic nitrogens is 2. The van der Waals surface area contributed by atoms with Gasteiger partial charge in [0.05, 0.1) is 12.7 Å². The number of hydrogen-bond acceptors (Lipinski definition) is 7. The molecule has 1 amide bonds. The Bertz CT molecular complexity index is 834. The van der Waals surface area contributed by atoms with Crippen LogP contribution in [0.2, 0.25) is 0 Å². The van der Waals surface area contributed by atoms with E-state index in [9.17, 15) is 18.0 Å². The maximum atomic E-state index is 13.4. The fourth-order valence-electron chi connectivity index (χ4n) is 5.16. The number of carbonyl (C=O) groups is 1. The molecular formula is C22H32F3N5O3. The van der Waals surface area contributed by atoms with E-state index in [0.717, 1.165) is 37.9 Å². The molecule has 33 heavy (non-hydrogen) atoms. The SMILES string of the molecule is CO[C@@H]1COCC[C@H]1N[C@@H]1CCC(C)(C(=O)N2CCN(c3nccc(C(F)(F)F)n3)CC2)C1. The van der Waals surface area contributed by atoms with Crippen molar-refractivity contribution in [1.82, 2.24) is 20.2 Å². The Balaban J connectivity index is 1.31. The van der Waals surface area contributed by atoms with Crippen molar-refractivity contribution >= 4 is 11.9 Å². The Morgan fingerprint density at radius 3 is 2.73 bits per heavy atom. The predicted molar refractivity (Wildman–Crippen MR) is 115 cm³/mol. The summed E-state index contributed by atoms with van der Waals surface area (Å²) in [6, 6.07) is 1.34. The molecule has 1 aromatic heterocycles. The first-order valence-electron chi connectivity index (χ1n) is 11.5. The summed E-state index contributed by atoms with van der Waals surface area (Å²) in [6.45, 7) is 5.01. The van der Waals surface area contributed by atoms with Gasteiger partial charge < -0.3 is 24.6 Å².